The quantitative estimate of drug-likeness (QED) is 0.799. The summed E-state index contributed by atoms with van der Waals surface area (Å²) in [5, 5.41) is 6.62. The lowest BCUT2D eigenvalue weighted by Gasteiger charge is -2.31. The zero-order valence-electron chi connectivity index (χ0n) is 10.5. The number of nitrogens with one attached hydrogen (secondary N) is 1. The summed E-state index contributed by atoms with van der Waals surface area (Å²) in [5.41, 5.74) is 1.86. The highest BCUT2D eigenvalue weighted by Crippen LogP contribution is 2.22. The summed E-state index contributed by atoms with van der Waals surface area (Å²) in [5.74, 6) is -0.505. The fourth-order valence-corrected chi connectivity index (χ4v) is 2.47. The van der Waals surface area contributed by atoms with Crippen molar-refractivity contribution in [1.82, 2.24) is 20.0 Å². The maximum absolute atomic E-state index is 11.6. The van der Waals surface area contributed by atoms with Gasteiger partial charge in [0.25, 0.3) is 0 Å². The highest BCUT2D eigenvalue weighted by molar-refractivity contribution is 9.10. The zero-order chi connectivity index (χ0) is 13.4. The molecule has 2 amide bonds. The number of carbonyl (C=O) groups is 2. The molecule has 1 aromatic rings. The van der Waals surface area contributed by atoms with Crippen LogP contribution in [0.5, 0.6) is 0 Å². The maximum Gasteiger partial charge on any atom is 0.243 e. The first-order valence-electron chi connectivity index (χ1n) is 5.66. The van der Waals surface area contributed by atoms with E-state index in [4.69, 9.17) is 0 Å². The van der Waals surface area contributed by atoms with E-state index in [-0.39, 0.29) is 24.4 Å². The van der Waals surface area contributed by atoms with Gasteiger partial charge in [-0.15, -0.1) is 0 Å². The minimum Gasteiger partial charge on any atom is -0.294 e. The fourth-order valence-electron chi connectivity index (χ4n) is 2.01. The monoisotopic (exact) mass is 314 g/mol. The Morgan fingerprint density at radius 1 is 1.50 bits per heavy atom. The van der Waals surface area contributed by atoms with Gasteiger partial charge in [0.05, 0.1) is 28.4 Å². The van der Waals surface area contributed by atoms with Crippen LogP contribution in [0.3, 0.4) is 0 Å². The highest BCUT2D eigenvalue weighted by atomic mass is 79.9. The third-order valence-electron chi connectivity index (χ3n) is 3.15. The van der Waals surface area contributed by atoms with E-state index in [0.717, 1.165) is 15.9 Å². The second kappa shape index (κ2) is 4.81. The standard InChI is InChI=1S/C11H15BrN4O2/c1-6-10(12)8(15(3)14-6)4-16-5-9(17)13-11(18)7(16)2/h7H,4-5H2,1-3H3,(H,13,17,18). The number of carbonyl (C=O) groups excluding carboxylic acids is 2. The van der Waals surface area contributed by atoms with Gasteiger partial charge in [-0.05, 0) is 29.8 Å². The Labute approximate surface area is 113 Å². The molecule has 98 valence electrons. The average Bonchev–Trinajstić information content (AvgIpc) is 2.52. The summed E-state index contributed by atoms with van der Waals surface area (Å²) in [6, 6.07) is -0.315. The third kappa shape index (κ3) is 2.32. The molecule has 0 spiro atoms. The molecule has 1 saturated heterocycles. The molecular formula is C11H15BrN4O2. The van der Waals surface area contributed by atoms with Gasteiger partial charge in [-0.1, -0.05) is 0 Å². The van der Waals surface area contributed by atoms with Gasteiger partial charge in [0.2, 0.25) is 11.8 Å². The van der Waals surface area contributed by atoms with Gasteiger partial charge in [0.1, 0.15) is 0 Å². The minimum atomic E-state index is -0.315. The SMILES string of the molecule is Cc1nn(C)c(CN2CC(=O)NC(=O)C2C)c1Br. The molecule has 1 atom stereocenters. The first-order chi connectivity index (χ1) is 8.40. The van der Waals surface area contributed by atoms with E-state index in [0.29, 0.717) is 6.54 Å². The second-order valence-corrected chi connectivity index (χ2v) is 5.26. The third-order valence-corrected chi connectivity index (χ3v) is 4.18. The van der Waals surface area contributed by atoms with E-state index in [2.05, 4.69) is 26.3 Å². The summed E-state index contributed by atoms with van der Waals surface area (Å²) in [7, 11) is 1.85. The molecule has 1 N–H and O–H groups in total. The van der Waals surface area contributed by atoms with Crippen LogP contribution in [0.2, 0.25) is 0 Å². The molecule has 0 saturated carbocycles. The molecule has 2 heterocycles. The van der Waals surface area contributed by atoms with E-state index >= 15 is 0 Å². The van der Waals surface area contributed by atoms with Crippen molar-refractivity contribution in [2.75, 3.05) is 6.54 Å². The van der Waals surface area contributed by atoms with Crippen LogP contribution in [-0.4, -0.2) is 39.1 Å². The van der Waals surface area contributed by atoms with Crippen LogP contribution in [0.15, 0.2) is 4.47 Å². The molecule has 1 aromatic heterocycles. The summed E-state index contributed by atoms with van der Waals surface area (Å²) >= 11 is 3.48. The molecule has 1 fully saturated rings. The van der Waals surface area contributed by atoms with Crippen molar-refractivity contribution in [2.24, 2.45) is 7.05 Å². The minimum absolute atomic E-state index is 0.226. The molecular weight excluding hydrogens is 300 g/mol. The van der Waals surface area contributed by atoms with Crippen molar-refractivity contribution >= 4 is 27.7 Å². The van der Waals surface area contributed by atoms with Gasteiger partial charge < -0.3 is 0 Å². The Morgan fingerprint density at radius 3 is 2.72 bits per heavy atom. The first-order valence-corrected chi connectivity index (χ1v) is 6.45. The number of aryl methyl sites for hydroxylation is 2. The molecule has 0 bridgehead atoms. The number of piperazine rings is 1. The predicted octanol–water partition coefficient (Wildman–Crippen LogP) is 0.338. The summed E-state index contributed by atoms with van der Waals surface area (Å²) < 4.78 is 2.69. The van der Waals surface area contributed by atoms with Gasteiger partial charge in [0, 0.05) is 13.6 Å². The fraction of sp³-hybridized carbons (Fsp3) is 0.545. The smallest absolute Gasteiger partial charge is 0.243 e. The van der Waals surface area contributed by atoms with E-state index in [1.165, 1.54) is 0 Å². The lowest BCUT2D eigenvalue weighted by atomic mass is 10.2. The zero-order valence-corrected chi connectivity index (χ0v) is 12.1. The molecule has 0 radical (unpaired) electrons. The Morgan fingerprint density at radius 2 is 2.17 bits per heavy atom. The summed E-state index contributed by atoms with van der Waals surface area (Å²) in [4.78, 5) is 24.8. The Hall–Kier alpha value is -1.21. The highest BCUT2D eigenvalue weighted by Gasteiger charge is 2.31. The van der Waals surface area contributed by atoms with Crippen LogP contribution in [0, 0.1) is 6.92 Å². The first kappa shape index (κ1) is 13.2. The van der Waals surface area contributed by atoms with Crippen molar-refractivity contribution in [3.8, 4) is 0 Å². The van der Waals surface area contributed by atoms with E-state index in [1.807, 2.05) is 18.9 Å². The summed E-state index contributed by atoms with van der Waals surface area (Å²) in [6.07, 6.45) is 0. The molecule has 1 aliphatic heterocycles. The van der Waals surface area contributed by atoms with E-state index < -0.39 is 0 Å². The van der Waals surface area contributed by atoms with E-state index in [9.17, 15) is 9.59 Å². The Balaban J connectivity index is 2.22. The van der Waals surface area contributed by atoms with Gasteiger partial charge in [-0.2, -0.15) is 5.10 Å². The van der Waals surface area contributed by atoms with Gasteiger partial charge >= 0.3 is 0 Å². The van der Waals surface area contributed by atoms with Crippen molar-refractivity contribution in [2.45, 2.75) is 26.4 Å². The molecule has 18 heavy (non-hydrogen) atoms. The number of aromatic nitrogens is 2. The second-order valence-electron chi connectivity index (χ2n) is 4.46. The Kier molecular flexibility index (Phi) is 3.54. The number of halogens is 1. The number of hydrogen-bond donors (Lipinski definition) is 1. The Bertz CT molecular complexity index is 511. The van der Waals surface area contributed by atoms with Crippen LogP contribution in [0.4, 0.5) is 0 Å². The van der Waals surface area contributed by atoms with Crippen molar-refractivity contribution < 1.29 is 9.59 Å². The molecule has 0 aliphatic carbocycles. The van der Waals surface area contributed by atoms with Crippen LogP contribution in [-0.2, 0) is 23.2 Å². The number of nitrogens with zero attached hydrogens (tertiary/aromatic N) is 3. The van der Waals surface area contributed by atoms with Crippen molar-refractivity contribution in [3.05, 3.63) is 15.9 Å². The average molecular weight is 315 g/mol. The lowest BCUT2D eigenvalue weighted by Crippen LogP contribution is -2.56. The predicted molar refractivity (Wildman–Crippen MR) is 68.7 cm³/mol. The van der Waals surface area contributed by atoms with Crippen LogP contribution >= 0.6 is 15.9 Å². The lowest BCUT2D eigenvalue weighted by molar-refractivity contribution is -0.139. The van der Waals surface area contributed by atoms with Gasteiger partial charge in [0.15, 0.2) is 0 Å². The van der Waals surface area contributed by atoms with Crippen LogP contribution in [0.25, 0.3) is 0 Å². The largest absolute Gasteiger partial charge is 0.294 e. The van der Waals surface area contributed by atoms with Crippen molar-refractivity contribution in [3.63, 3.8) is 0 Å². The molecule has 7 heteroatoms. The molecule has 1 unspecified atom stereocenters. The van der Waals surface area contributed by atoms with E-state index in [1.54, 1.807) is 11.6 Å². The number of rotatable bonds is 2. The molecule has 1 aliphatic rings. The number of imide groups is 1. The maximum atomic E-state index is 11.6. The van der Waals surface area contributed by atoms with Crippen LogP contribution in [0.1, 0.15) is 18.3 Å². The topological polar surface area (TPSA) is 67.2 Å². The number of hydrogen-bond acceptors (Lipinski definition) is 4. The molecule has 0 aromatic carbocycles. The van der Waals surface area contributed by atoms with Crippen molar-refractivity contribution in [1.29, 1.82) is 0 Å². The normalized spacial score (nSPS) is 21.2. The van der Waals surface area contributed by atoms with Gasteiger partial charge in [-0.3, -0.25) is 24.5 Å². The van der Waals surface area contributed by atoms with Gasteiger partial charge in [-0.25, -0.2) is 0 Å². The number of amides is 2. The molecule has 6 nitrogen and oxygen atoms in total. The summed E-state index contributed by atoms with van der Waals surface area (Å²) in [6.45, 7) is 4.44. The molecule has 2 rings (SSSR count). The van der Waals surface area contributed by atoms with Crippen LogP contribution < -0.4 is 5.32 Å².